The average Bonchev–Trinajstić information content (AvgIpc) is 2.55. The lowest BCUT2D eigenvalue weighted by Gasteiger charge is -2.17. The molecular weight excluding hydrogens is 337 g/mol. The van der Waals surface area contributed by atoms with Gasteiger partial charge in [-0.05, 0) is 29.8 Å². The molecule has 0 fully saturated rings. The van der Waals surface area contributed by atoms with Crippen molar-refractivity contribution in [2.24, 2.45) is 0 Å². The monoisotopic (exact) mass is 351 g/mol. The van der Waals surface area contributed by atoms with Gasteiger partial charge in [0.2, 0.25) is 0 Å². The number of ether oxygens (including phenoxy) is 1. The van der Waals surface area contributed by atoms with Crippen LogP contribution in [0.2, 0.25) is 10.0 Å². The van der Waals surface area contributed by atoms with Crippen LogP contribution in [0.5, 0.6) is 0 Å². The van der Waals surface area contributed by atoms with Crippen LogP contribution in [0.3, 0.4) is 0 Å². The summed E-state index contributed by atoms with van der Waals surface area (Å²) < 4.78 is 4.76. The van der Waals surface area contributed by atoms with Crippen LogP contribution in [0, 0.1) is 0 Å². The molecule has 0 aromatic heterocycles. The highest BCUT2D eigenvalue weighted by atomic mass is 35.5. The molecule has 0 aliphatic heterocycles. The van der Waals surface area contributed by atoms with Crippen LogP contribution in [-0.2, 0) is 16.0 Å². The van der Waals surface area contributed by atoms with E-state index in [1.807, 2.05) is 0 Å². The Labute approximate surface area is 144 Å². The van der Waals surface area contributed by atoms with Crippen LogP contribution in [0.4, 0.5) is 0 Å². The van der Waals surface area contributed by atoms with Crippen LogP contribution < -0.4 is 5.32 Å². The van der Waals surface area contributed by atoms with E-state index >= 15 is 0 Å². The topological polar surface area (TPSA) is 55.4 Å². The first kappa shape index (κ1) is 17.3. The van der Waals surface area contributed by atoms with Crippen molar-refractivity contribution in [1.29, 1.82) is 0 Å². The maximum atomic E-state index is 12.3. The van der Waals surface area contributed by atoms with E-state index in [0.29, 0.717) is 22.0 Å². The predicted octanol–water partition coefficient (Wildman–Crippen LogP) is 3.51. The average molecular weight is 352 g/mol. The third-order valence-electron chi connectivity index (χ3n) is 3.26. The van der Waals surface area contributed by atoms with Crippen LogP contribution in [-0.4, -0.2) is 25.0 Å². The van der Waals surface area contributed by atoms with Crippen LogP contribution in [0.25, 0.3) is 0 Å². The Balaban J connectivity index is 2.15. The molecule has 1 N–H and O–H groups in total. The molecule has 0 aliphatic rings. The number of methoxy groups -OCH3 is 1. The van der Waals surface area contributed by atoms with Gasteiger partial charge in [-0.1, -0.05) is 47.5 Å². The molecule has 23 heavy (non-hydrogen) atoms. The SMILES string of the molecule is COC(=O)[C@H](Cc1ccc(Cl)cc1)NC(=O)c1ccccc1Cl. The molecule has 0 saturated carbocycles. The fraction of sp³-hybridized carbons (Fsp3) is 0.176. The quantitative estimate of drug-likeness (QED) is 0.838. The van der Waals surface area contributed by atoms with Gasteiger partial charge in [-0.2, -0.15) is 0 Å². The third-order valence-corrected chi connectivity index (χ3v) is 3.84. The summed E-state index contributed by atoms with van der Waals surface area (Å²) in [5, 5.41) is 3.58. The van der Waals surface area contributed by atoms with Crippen LogP contribution >= 0.6 is 23.2 Å². The number of hydrogen-bond acceptors (Lipinski definition) is 3. The molecule has 6 heteroatoms. The van der Waals surface area contributed by atoms with E-state index in [0.717, 1.165) is 5.56 Å². The van der Waals surface area contributed by atoms with Gasteiger partial charge in [-0.25, -0.2) is 4.79 Å². The van der Waals surface area contributed by atoms with E-state index in [4.69, 9.17) is 27.9 Å². The zero-order valence-electron chi connectivity index (χ0n) is 12.4. The van der Waals surface area contributed by atoms with Gasteiger partial charge < -0.3 is 10.1 Å². The molecule has 2 rings (SSSR count). The summed E-state index contributed by atoms with van der Waals surface area (Å²) in [7, 11) is 1.28. The summed E-state index contributed by atoms with van der Waals surface area (Å²) in [5.41, 5.74) is 1.16. The highest BCUT2D eigenvalue weighted by Gasteiger charge is 2.23. The van der Waals surface area contributed by atoms with Gasteiger partial charge in [0.05, 0.1) is 17.7 Å². The molecule has 1 amide bonds. The molecule has 1 atom stereocenters. The molecule has 0 aliphatic carbocycles. The summed E-state index contributed by atoms with van der Waals surface area (Å²) in [6.07, 6.45) is 0.292. The maximum Gasteiger partial charge on any atom is 0.328 e. The standard InChI is InChI=1S/C17H15Cl2NO3/c1-23-17(22)15(10-11-6-8-12(18)9-7-11)20-16(21)13-4-2-3-5-14(13)19/h2-9,15H,10H2,1H3,(H,20,21)/t15-/m0/s1. The van der Waals surface area contributed by atoms with Crippen molar-refractivity contribution in [2.45, 2.75) is 12.5 Å². The highest BCUT2D eigenvalue weighted by molar-refractivity contribution is 6.33. The summed E-state index contributed by atoms with van der Waals surface area (Å²) in [6, 6.07) is 12.8. The van der Waals surface area contributed by atoms with Gasteiger partial charge in [0.15, 0.2) is 0 Å². The van der Waals surface area contributed by atoms with Gasteiger partial charge in [-0.3, -0.25) is 4.79 Å². The Hall–Kier alpha value is -2.04. The third kappa shape index (κ3) is 4.71. The lowest BCUT2D eigenvalue weighted by atomic mass is 10.1. The maximum absolute atomic E-state index is 12.3. The summed E-state index contributed by atoms with van der Waals surface area (Å²) in [5.74, 6) is -0.958. The van der Waals surface area contributed by atoms with Crippen molar-refractivity contribution in [3.05, 3.63) is 69.7 Å². The predicted molar refractivity (Wildman–Crippen MR) is 89.9 cm³/mol. The summed E-state index contributed by atoms with van der Waals surface area (Å²) in [6.45, 7) is 0. The molecule has 0 saturated heterocycles. The molecule has 4 nitrogen and oxygen atoms in total. The number of amides is 1. The van der Waals surface area contributed by atoms with Crippen LogP contribution in [0.1, 0.15) is 15.9 Å². The lowest BCUT2D eigenvalue weighted by molar-refractivity contribution is -0.142. The molecule has 0 spiro atoms. The Bertz CT molecular complexity index is 701. The lowest BCUT2D eigenvalue weighted by Crippen LogP contribution is -2.43. The van der Waals surface area contributed by atoms with E-state index in [2.05, 4.69) is 5.32 Å². The second-order valence-electron chi connectivity index (χ2n) is 4.86. The number of benzene rings is 2. The first-order chi connectivity index (χ1) is 11.0. The molecular formula is C17H15Cl2NO3. The van der Waals surface area contributed by atoms with E-state index in [9.17, 15) is 9.59 Å². The zero-order valence-corrected chi connectivity index (χ0v) is 13.9. The van der Waals surface area contributed by atoms with E-state index in [1.165, 1.54) is 7.11 Å². The summed E-state index contributed by atoms with van der Waals surface area (Å²) in [4.78, 5) is 24.3. The second kappa shape index (κ2) is 7.99. The van der Waals surface area contributed by atoms with Gasteiger partial charge in [0.1, 0.15) is 6.04 Å². The number of carbonyl (C=O) groups is 2. The van der Waals surface area contributed by atoms with Crippen molar-refractivity contribution in [1.82, 2.24) is 5.32 Å². The van der Waals surface area contributed by atoms with Gasteiger partial charge in [0, 0.05) is 11.4 Å². The number of carbonyl (C=O) groups excluding carboxylic acids is 2. The Morgan fingerprint density at radius 1 is 1.09 bits per heavy atom. The minimum Gasteiger partial charge on any atom is -0.467 e. The molecule has 2 aromatic carbocycles. The largest absolute Gasteiger partial charge is 0.467 e. The normalized spacial score (nSPS) is 11.6. The number of rotatable bonds is 5. The minimum absolute atomic E-state index is 0.292. The number of nitrogens with one attached hydrogen (secondary N) is 1. The van der Waals surface area contributed by atoms with Gasteiger partial charge >= 0.3 is 5.97 Å². The molecule has 120 valence electrons. The van der Waals surface area contributed by atoms with Crippen molar-refractivity contribution in [2.75, 3.05) is 7.11 Å². The van der Waals surface area contributed by atoms with Crippen LogP contribution in [0.15, 0.2) is 48.5 Å². The Kier molecular flexibility index (Phi) is 6.02. The minimum atomic E-state index is -0.815. The fourth-order valence-corrected chi connectivity index (χ4v) is 2.42. The van der Waals surface area contributed by atoms with E-state index in [-0.39, 0.29) is 0 Å². The Morgan fingerprint density at radius 3 is 2.35 bits per heavy atom. The number of esters is 1. The molecule has 0 unspecified atom stereocenters. The zero-order chi connectivity index (χ0) is 16.8. The first-order valence-corrected chi connectivity index (χ1v) is 7.64. The van der Waals surface area contributed by atoms with Crippen molar-refractivity contribution >= 4 is 35.1 Å². The Morgan fingerprint density at radius 2 is 1.74 bits per heavy atom. The van der Waals surface area contributed by atoms with Crippen molar-refractivity contribution in [3.63, 3.8) is 0 Å². The smallest absolute Gasteiger partial charge is 0.328 e. The number of halogens is 2. The van der Waals surface area contributed by atoms with E-state index < -0.39 is 17.9 Å². The highest BCUT2D eigenvalue weighted by Crippen LogP contribution is 2.16. The summed E-state index contributed by atoms with van der Waals surface area (Å²) >= 11 is 11.8. The second-order valence-corrected chi connectivity index (χ2v) is 5.70. The van der Waals surface area contributed by atoms with Crippen molar-refractivity contribution < 1.29 is 14.3 Å². The fourth-order valence-electron chi connectivity index (χ4n) is 2.07. The molecule has 0 bridgehead atoms. The first-order valence-electron chi connectivity index (χ1n) is 6.89. The van der Waals surface area contributed by atoms with Gasteiger partial charge in [-0.15, -0.1) is 0 Å². The number of hydrogen-bond donors (Lipinski definition) is 1. The van der Waals surface area contributed by atoms with E-state index in [1.54, 1.807) is 48.5 Å². The van der Waals surface area contributed by atoms with Gasteiger partial charge in [0.25, 0.3) is 5.91 Å². The molecule has 2 aromatic rings. The molecule has 0 heterocycles. The van der Waals surface area contributed by atoms with Crippen molar-refractivity contribution in [3.8, 4) is 0 Å². The molecule has 0 radical (unpaired) electrons.